The van der Waals surface area contributed by atoms with Crippen molar-refractivity contribution < 1.29 is 10.2 Å². The molecule has 0 aliphatic rings. The van der Waals surface area contributed by atoms with Crippen molar-refractivity contribution in [2.45, 2.75) is 38.8 Å². The quantitative estimate of drug-likeness (QED) is 0.744. The predicted molar refractivity (Wildman–Crippen MR) is 74.4 cm³/mol. The fraction of sp³-hybridized carbons (Fsp3) is 0.600. The lowest BCUT2D eigenvalue weighted by molar-refractivity contribution is 0.0698. The summed E-state index contributed by atoms with van der Waals surface area (Å²) in [6.45, 7) is 5.63. The molecular formula is C15H25NO2. The van der Waals surface area contributed by atoms with E-state index >= 15 is 0 Å². The van der Waals surface area contributed by atoms with Gasteiger partial charge in [0, 0.05) is 19.1 Å². The maximum Gasteiger partial charge on any atom is 0.0917 e. The number of nitrogens with zero attached hydrogens (tertiary/aromatic N) is 1. The van der Waals surface area contributed by atoms with E-state index in [2.05, 4.69) is 18.7 Å². The van der Waals surface area contributed by atoms with Gasteiger partial charge in [0.05, 0.1) is 12.7 Å². The average molecular weight is 251 g/mol. The van der Waals surface area contributed by atoms with Crippen LogP contribution in [0.4, 0.5) is 0 Å². The minimum Gasteiger partial charge on any atom is -0.395 e. The van der Waals surface area contributed by atoms with E-state index in [0.717, 1.165) is 18.4 Å². The highest BCUT2D eigenvalue weighted by Gasteiger charge is 2.18. The molecule has 0 heterocycles. The number of benzene rings is 1. The third kappa shape index (κ3) is 4.41. The monoisotopic (exact) mass is 251 g/mol. The molecular weight excluding hydrogens is 226 g/mol. The first-order valence-corrected chi connectivity index (χ1v) is 6.80. The summed E-state index contributed by atoms with van der Waals surface area (Å²) in [5.41, 5.74) is 0.936. The Hall–Kier alpha value is -0.900. The van der Waals surface area contributed by atoms with E-state index in [4.69, 9.17) is 5.11 Å². The molecule has 3 heteroatoms. The minimum absolute atomic E-state index is 0.137. The second-order valence-corrected chi connectivity index (χ2v) is 4.62. The van der Waals surface area contributed by atoms with E-state index in [1.54, 1.807) is 0 Å². The first-order chi connectivity index (χ1) is 8.72. The van der Waals surface area contributed by atoms with Crippen LogP contribution in [0.1, 0.15) is 38.4 Å². The molecule has 18 heavy (non-hydrogen) atoms. The SMILES string of the molecule is CCC(CC)N(CCO)CC(O)c1ccccc1. The highest BCUT2D eigenvalue weighted by atomic mass is 16.3. The molecule has 0 bridgehead atoms. The zero-order chi connectivity index (χ0) is 13.4. The van der Waals surface area contributed by atoms with Crippen LogP contribution in [-0.4, -0.2) is 40.9 Å². The van der Waals surface area contributed by atoms with E-state index in [9.17, 15) is 5.11 Å². The second-order valence-electron chi connectivity index (χ2n) is 4.62. The van der Waals surface area contributed by atoms with Gasteiger partial charge >= 0.3 is 0 Å². The molecule has 0 amide bonds. The Morgan fingerprint density at radius 1 is 1.11 bits per heavy atom. The van der Waals surface area contributed by atoms with Crippen LogP contribution in [0.15, 0.2) is 30.3 Å². The summed E-state index contributed by atoms with van der Waals surface area (Å²) in [7, 11) is 0. The molecule has 1 unspecified atom stereocenters. The van der Waals surface area contributed by atoms with Gasteiger partial charge in [-0.05, 0) is 18.4 Å². The summed E-state index contributed by atoms with van der Waals surface area (Å²) in [6.07, 6.45) is 1.59. The van der Waals surface area contributed by atoms with Crippen LogP contribution in [0.2, 0.25) is 0 Å². The van der Waals surface area contributed by atoms with Crippen LogP contribution in [0.5, 0.6) is 0 Å². The third-order valence-corrected chi connectivity index (χ3v) is 3.44. The molecule has 3 nitrogen and oxygen atoms in total. The Labute approximate surface area is 110 Å². The van der Waals surface area contributed by atoms with Crippen molar-refractivity contribution in [2.75, 3.05) is 19.7 Å². The van der Waals surface area contributed by atoms with Crippen LogP contribution in [0.25, 0.3) is 0 Å². The third-order valence-electron chi connectivity index (χ3n) is 3.44. The first kappa shape index (κ1) is 15.2. The Kier molecular flexibility index (Phi) is 6.94. The maximum atomic E-state index is 10.2. The molecule has 1 aromatic carbocycles. The summed E-state index contributed by atoms with van der Waals surface area (Å²) in [4.78, 5) is 2.18. The summed E-state index contributed by atoms with van der Waals surface area (Å²) >= 11 is 0. The fourth-order valence-corrected chi connectivity index (χ4v) is 2.36. The van der Waals surface area contributed by atoms with Crippen LogP contribution in [0.3, 0.4) is 0 Å². The predicted octanol–water partition coefficient (Wildman–Crippen LogP) is 2.20. The molecule has 2 N–H and O–H groups in total. The van der Waals surface area contributed by atoms with E-state index in [1.807, 2.05) is 30.3 Å². The zero-order valence-electron chi connectivity index (χ0n) is 11.4. The van der Waals surface area contributed by atoms with Crippen LogP contribution in [0, 0.1) is 0 Å². The average Bonchev–Trinajstić information content (AvgIpc) is 2.41. The van der Waals surface area contributed by atoms with Crippen molar-refractivity contribution >= 4 is 0 Å². The topological polar surface area (TPSA) is 43.7 Å². The standard InChI is InChI=1S/C15H25NO2/c1-3-14(4-2)16(10-11-17)12-15(18)13-8-6-5-7-9-13/h5-9,14-15,17-18H,3-4,10-12H2,1-2H3. The number of aliphatic hydroxyl groups is 2. The number of hydrogen-bond donors (Lipinski definition) is 2. The summed E-state index contributed by atoms with van der Waals surface area (Å²) in [6, 6.07) is 10.1. The number of aliphatic hydroxyl groups excluding tert-OH is 2. The van der Waals surface area contributed by atoms with Gasteiger partial charge in [-0.3, -0.25) is 4.90 Å². The molecule has 1 atom stereocenters. The normalized spacial score (nSPS) is 13.2. The number of rotatable bonds is 8. The number of hydrogen-bond acceptors (Lipinski definition) is 3. The highest BCUT2D eigenvalue weighted by molar-refractivity contribution is 5.17. The van der Waals surface area contributed by atoms with E-state index < -0.39 is 6.10 Å². The van der Waals surface area contributed by atoms with Gasteiger partial charge in [0.1, 0.15) is 0 Å². The summed E-state index contributed by atoms with van der Waals surface area (Å²) in [5.74, 6) is 0. The van der Waals surface area contributed by atoms with Crippen LogP contribution >= 0.6 is 0 Å². The fourth-order valence-electron chi connectivity index (χ4n) is 2.36. The maximum absolute atomic E-state index is 10.2. The smallest absolute Gasteiger partial charge is 0.0917 e. The molecule has 0 saturated carbocycles. The second kappa shape index (κ2) is 8.25. The van der Waals surface area contributed by atoms with E-state index in [0.29, 0.717) is 19.1 Å². The first-order valence-electron chi connectivity index (χ1n) is 6.80. The molecule has 1 aromatic rings. The van der Waals surface area contributed by atoms with Crippen molar-refractivity contribution in [1.82, 2.24) is 4.90 Å². The lowest BCUT2D eigenvalue weighted by Gasteiger charge is -2.31. The van der Waals surface area contributed by atoms with Gasteiger partial charge < -0.3 is 10.2 Å². The van der Waals surface area contributed by atoms with Crippen molar-refractivity contribution in [3.8, 4) is 0 Å². The minimum atomic E-state index is -0.488. The lowest BCUT2D eigenvalue weighted by Crippen LogP contribution is -2.39. The lowest BCUT2D eigenvalue weighted by atomic mass is 10.1. The van der Waals surface area contributed by atoms with Crippen molar-refractivity contribution in [2.24, 2.45) is 0 Å². The molecule has 0 aliphatic carbocycles. The van der Waals surface area contributed by atoms with Gasteiger partial charge in [0.15, 0.2) is 0 Å². The molecule has 0 aliphatic heterocycles. The van der Waals surface area contributed by atoms with Crippen molar-refractivity contribution in [3.05, 3.63) is 35.9 Å². The summed E-state index contributed by atoms with van der Waals surface area (Å²) < 4.78 is 0. The molecule has 0 aromatic heterocycles. The Bertz CT molecular complexity index is 312. The molecule has 0 fully saturated rings. The van der Waals surface area contributed by atoms with Gasteiger partial charge in [0.25, 0.3) is 0 Å². The molecule has 0 radical (unpaired) electrons. The Balaban J connectivity index is 2.65. The van der Waals surface area contributed by atoms with Gasteiger partial charge in [-0.25, -0.2) is 0 Å². The largest absolute Gasteiger partial charge is 0.395 e. The Morgan fingerprint density at radius 2 is 1.72 bits per heavy atom. The van der Waals surface area contributed by atoms with Gasteiger partial charge in [-0.1, -0.05) is 44.2 Å². The van der Waals surface area contributed by atoms with Crippen LogP contribution in [-0.2, 0) is 0 Å². The zero-order valence-corrected chi connectivity index (χ0v) is 11.4. The molecule has 0 spiro atoms. The van der Waals surface area contributed by atoms with Gasteiger partial charge in [-0.15, -0.1) is 0 Å². The van der Waals surface area contributed by atoms with E-state index in [-0.39, 0.29) is 6.61 Å². The van der Waals surface area contributed by atoms with Crippen molar-refractivity contribution in [1.29, 1.82) is 0 Å². The summed E-state index contributed by atoms with van der Waals surface area (Å²) in [5, 5.41) is 19.4. The Morgan fingerprint density at radius 3 is 2.22 bits per heavy atom. The van der Waals surface area contributed by atoms with E-state index in [1.165, 1.54) is 0 Å². The van der Waals surface area contributed by atoms with Crippen LogP contribution < -0.4 is 0 Å². The molecule has 1 rings (SSSR count). The van der Waals surface area contributed by atoms with Gasteiger partial charge in [-0.2, -0.15) is 0 Å². The molecule has 0 saturated heterocycles. The van der Waals surface area contributed by atoms with Crippen molar-refractivity contribution in [3.63, 3.8) is 0 Å². The van der Waals surface area contributed by atoms with Gasteiger partial charge in [0.2, 0.25) is 0 Å². The highest BCUT2D eigenvalue weighted by Crippen LogP contribution is 2.17. The molecule has 102 valence electrons.